The zero-order chi connectivity index (χ0) is 30.8. The lowest BCUT2D eigenvalue weighted by molar-refractivity contribution is -0.129. The van der Waals surface area contributed by atoms with Gasteiger partial charge in [0, 0.05) is 49.2 Å². The number of aromatic nitrogens is 2. The largest absolute Gasteiger partial charge is 0.508 e. The van der Waals surface area contributed by atoms with Crippen LogP contribution in [0, 0.1) is 0 Å². The highest BCUT2D eigenvalue weighted by Crippen LogP contribution is 2.36. The number of benzene rings is 1. The van der Waals surface area contributed by atoms with Crippen molar-refractivity contribution in [2.45, 2.75) is 72.9 Å². The Morgan fingerprint density at radius 2 is 1.81 bits per heavy atom. The zero-order valence-electron chi connectivity index (χ0n) is 25.1. The van der Waals surface area contributed by atoms with Gasteiger partial charge in [0.25, 0.3) is 12.0 Å². The monoisotopic (exact) mass is 580 g/mol. The lowest BCUT2D eigenvalue weighted by Gasteiger charge is -2.35. The number of aliphatic hydroxyl groups excluding tert-OH is 1. The lowest BCUT2D eigenvalue weighted by Crippen LogP contribution is -2.49. The summed E-state index contributed by atoms with van der Waals surface area (Å²) in [5.41, 5.74) is 3.16. The molecule has 0 bridgehead atoms. The van der Waals surface area contributed by atoms with Crippen LogP contribution in [-0.2, 0) is 34.0 Å². The van der Waals surface area contributed by atoms with Gasteiger partial charge in [0.1, 0.15) is 18.0 Å². The van der Waals surface area contributed by atoms with Gasteiger partial charge in [-0.3, -0.25) is 14.5 Å². The van der Waals surface area contributed by atoms with E-state index in [9.17, 15) is 24.6 Å². The lowest BCUT2D eigenvalue weighted by atomic mass is 10.0. The molecule has 1 atom stereocenters. The molecule has 1 unspecified atom stereocenters. The van der Waals surface area contributed by atoms with E-state index in [-0.39, 0.29) is 42.6 Å². The molecule has 2 N–H and O–H groups in total. The van der Waals surface area contributed by atoms with Crippen molar-refractivity contribution in [3.63, 3.8) is 0 Å². The van der Waals surface area contributed by atoms with E-state index in [1.54, 1.807) is 34.6 Å². The number of nitrogens with zero attached hydrogens (tertiary/aromatic N) is 4. The molecule has 4 heterocycles. The van der Waals surface area contributed by atoms with Crippen LogP contribution in [0.1, 0.15) is 69.9 Å². The number of pyridine rings is 2. The molecule has 0 spiro atoms. The van der Waals surface area contributed by atoms with E-state index in [0.29, 0.717) is 55.2 Å². The second kappa shape index (κ2) is 12.5. The summed E-state index contributed by atoms with van der Waals surface area (Å²) in [6.45, 7) is 14.2. The summed E-state index contributed by atoms with van der Waals surface area (Å²) in [6, 6.07) is 7.06. The Balaban J connectivity index is 0.00000198. The summed E-state index contributed by atoms with van der Waals surface area (Å²) >= 11 is 0. The van der Waals surface area contributed by atoms with Crippen LogP contribution in [0.15, 0.2) is 29.1 Å². The second-order valence-electron chi connectivity index (χ2n) is 11.3. The Bertz CT molecular complexity index is 1530. The number of amides is 1. The number of ether oxygens (including phenoxy) is 2. The van der Waals surface area contributed by atoms with Crippen molar-refractivity contribution in [1.82, 2.24) is 19.4 Å². The van der Waals surface area contributed by atoms with Crippen LogP contribution in [0.3, 0.4) is 0 Å². The maximum atomic E-state index is 13.3. The Morgan fingerprint density at radius 1 is 1.12 bits per heavy atom. The fraction of sp³-hybridized carbons (Fsp3) is 0.484. The van der Waals surface area contributed by atoms with Gasteiger partial charge in [-0.25, -0.2) is 9.78 Å². The summed E-state index contributed by atoms with van der Waals surface area (Å²) in [5.74, 6) is 0.154. The van der Waals surface area contributed by atoms with E-state index >= 15 is 0 Å². The van der Waals surface area contributed by atoms with Crippen molar-refractivity contribution in [1.29, 1.82) is 0 Å². The number of carbonyl (C=O) groups is 2. The fourth-order valence-electron chi connectivity index (χ4n) is 5.35. The second-order valence-corrected chi connectivity index (χ2v) is 11.3. The van der Waals surface area contributed by atoms with Crippen LogP contribution in [0.5, 0.6) is 5.75 Å². The minimum absolute atomic E-state index is 0.154. The van der Waals surface area contributed by atoms with Gasteiger partial charge in [0.15, 0.2) is 0 Å². The van der Waals surface area contributed by atoms with Gasteiger partial charge >= 0.3 is 6.09 Å². The van der Waals surface area contributed by atoms with Crippen molar-refractivity contribution >= 4 is 23.5 Å². The third-order valence-electron chi connectivity index (χ3n) is 7.32. The number of phenols is 1. The van der Waals surface area contributed by atoms with Crippen molar-refractivity contribution in [2.75, 3.05) is 26.2 Å². The smallest absolute Gasteiger partial charge is 0.410 e. The molecule has 2 aliphatic heterocycles. The van der Waals surface area contributed by atoms with Crippen molar-refractivity contribution in [3.05, 3.63) is 56.9 Å². The molecule has 226 valence electrons. The molecule has 1 aromatic carbocycles. The highest BCUT2D eigenvalue weighted by Gasteiger charge is 2.29. The minimum atomic E-state index is -0.937. The molecule has 0 aliphatic carbocycles. The maximum Gasteiger partial charge on any atom is 0.410 e. The maximum absolute atomic E-state index is 13.3. The molecular weight excluding hydrogens is 540 g/mol. The number of aliphatic hydroxyl groups is 1. The number of fused-ring (bicyclic) bond motifs is 4. The van der Waals surface area contributed by atoms with Gasteiger partial charge in [-0.2, -0.15) is 0 Å². The van der Waals surface area contributed by atoms with Crippen LogP contribution in [-0.4, -0.2) is 73.9 Å². The van der Waals surface area contributed by atoms with E-state index in [1.807, 2.05) is 40.7 Å². The van der Waals surface area contributed by atoms with Crippen LogP contribution in [0.2, 0.25) is 0 Å². The molecule has 1 saturated heterocycles. The van der Waals surface area contributed by atoms with Crippen LogP contribution < -0.4 is 5.56 Å². The Labute approximate surface area is 245 Å². The van der Waals surface area contributed by atoms with Crippen molar-refractivity contribution in [3.8, 4) is 17.1 Å². The van der Waals surface area contributed by atoms with Crippen molar-refractivity contribution < 1.29 is 29.3 Å². The summed E-state index contributed by atoms with van der Waals surface area (Å²) in [6.07, 6.45) is -1.26. The first-order valence-electron chi connectivity index (χ1n) is 14.3. The average Bonchev–Trinajstić information content (AvgIpc) is 3.31. The molecule has 11 nitrogen and oxygen atoms in total. The third kappa shape index (κ3) is 6.27. The Hall–Kier alpha value is -3.96. The van der Waals surface area contributed by atoms with Gasteiger partial charge < -0.3 is 29.2 Å². The topological polar surface area (TPSA) is 134 Å². The number of hydrogen-bond donors (Lipinski definition) is 2. The minimum Gasteiger partial charge on any atom is -0.508 e. The fourth-order valence-corrected chi connectivity index (χ4v) is 5.35. The van der Waals surface area contributed by atoms with E-state index < -0.39 is 11.7 Å². The molecule has 0 saturated carbocycles. The van der Waals surface area contributed by atoms with E-state index in [0.717, 1.165) is 16.5 Å². The standard InChI is InChI=1S/C29H34N4O7.C2H6/c1-17(35)19-12-24-26-18(13-33(24)27(37)22(19)15-39-16-34)11-20-21(25(36)6-5-23(20)30-26)14-31-7-9-32(10-8-31)28(38)40-29(2,3)4;1-2/h5-6,11-12,16-17,35-36H,7-10,13-15H2,1-4H3;1-2H3. The number of phenolic OH excluding ortho intramolecular Hbond substituents is 1. The van der Waals surface area contributed by atoms with E-state index in [4.69, 9.17) is 14.5 Å². The van der Waals surface area contributed by atoms with Crippen molar-refractivity contribution in [2.24, 2.45) is 0 Å². The summed E-state index contributed by atoms with van der Waals surface area (Å²) in [5, 5.41) is 21.9. The van der Waals surface area contributed by atoms with Gasteiger partial charge in [-0.1, -0.05) is 13.8 Å². The number of rotatable bonds is 6. The Kier molecular flexibility index (Phi) is 9.22. The van der Waals surface area contributed by atoms with E-state index in [2.05, 4.69) is 4.90 Å². The quantitative estimate of drug-likeness (QED) is 0.325. The number of hydrogen-bond acceptors (Lipinski definition) is 9. The Morgan fingerprint density at radius 3 is 2.43 bits per heavy atom. The van der Waals surface area contributed by atoms with Crippen LogP contribution in [0.25, 0.3) is 22.3 Å². The summed E-state index contributed by atoms with van der Waals surface area (Å²) in [4.78, 5) is 45.3. The first-order chi connectivity index (χ1) is 20.0. The third-order valence-corrected chi connectivity index (χ3v) is 7.32. The van der Waals surface area contributed by atoms with Gasteiger partial charge in [0.2, 0.25) is 0 Å². The van der Waals surface area contributed by atoms with Crippen LogP contribution in [0.4, 0.5) is 4.79 Å². The molecule has 1 fully saturated rings. The first-order valence-corrected chi connectivity index (χ1v) is 14.3. The molecule has 42 heavy (non-hydrogen) atoms. The number of aromatic hydroxyl groups is 1. The van der Waals surface area contributed by atoms with Gasteiger partial charge in [0.05, 0.1) is 35.1 Å². The van der Waals surface area contributed by atoms with E-state index in [1.165, 1.54) is 0 Å². The predicted octanol–water partition coefficient (Wildman–Crippen LogP) is 3.94. The average molecular weight is 581 g/mol. The highest BCUT2D eigenvalue weighted by molar-refractivity contribution is 5.88. The first kappa shape index (κ1) is 31.0. The van der Waals surface area contributed by atoms with Crippen LogP contribution >= 0.6 is 0 Å². The molecule has 11 heteroatoms. The SMILES string of the molecule is CC.CC(O)c1cc2n(c(=O)c1COC=O)Cc1cc3c(CN4CCN(C(=O)OC(C)(C)C)CC4)c(O)ccc3nc1-2. The normalized spacial score (nSPS) is 15.4. The highest BCUT2D eigenvalue weighted by atomic mass is 16.6. The zero-order valence-corrected chi connectivity index (χ0v) is 25.1. The molecule has 1 amide bonds. The predicted molar refractivity (Wildman–Crippen MR) is 158 cm³/mol. The van der Waals surface area contributed by atoms with Gasteiger partial charge in [-0.15, -0.1) is 0 Å². The molecule has 2 aromatic heterocycles. The summed E-state index contributed by atoms with van der Waals surface area (Å²) in [7, 11) is 0. The molecule has 3 aromatic rings. The number of piperazine rings is 1. The molecule has 0 radical (unpaired) electrons. The molecular formula is C31H40N4O7. The summed E-state index contributed by atoms with van der Waals surface area (Å²) < 4.78 is 11.9. The van der Waals surface area contributed by atoms with Gasteiger partial charge in [-0.05, 0) is 57.5 Å². The molecule has 2 aliphatic rings. The molecule has 5 rings (SSSR count). The number of carbonyl (C=O) groups excluding carboxylic acids is 2.